The van der Waals surface area contributed by atoms with Gasteiger partial charge in [-0.25, -0.2) is 8.42 Å². The van der Waals surface area contributed by atoms with Crippen LogP contribution in [0.2, 0.25) is 0 Å². The van der Waals surface area contributed by atoms with Crippen LogP contribution in [0, 0.1) is 0 Å². The summed E-state index contributed by atoms with van der Waals surface area (Å²) >= 11 is 0. The number of amides is 1. The molecule has 1 N–H and O–H groups in total. The highest BCUT2D eigenvalue weighted by molar-refractivity contribution is 7.90. The summed E-state index contributed by atoms with van der Waals surface area (Å²) in [5.41, 5.74) is 2.98. The highest BCUT2D eigenvalue weighted by atomic mass is 32.2. The number of aryl methyl sites for hydroxylation is 1. The van der Waals surface area contributed by atoms with E-state index in [2.05, 4.69) is 29.3 Å². The fourth-order valence-corrected chi connectivity index (χ4v) is 3.77. The molecule has 1 heterocycles. The standard InChI is InChI=1S/C19H22N2O3S/c1-14-7-8-15-5-3-4-6-18(15)21(14)13-19(22)20-16-9-11-17(12-10-16)25(2,23)24/h3-6,9-12,14H,7-8,13H2,1-2H3,(H,20,22)/t14-/m0/s1. The average Bonchev–Trinajstić information content (AvgIpc) is 2.57. The van der Waals surface area contributed by atoms with Crippen LogP contribution in [0.3, 0.4) is 0 Å². The molecule has 0 saturated heterocycles. The van der Waals surface area contributed by atoms with Gasteiger partial charge in [-0.15, -0.1) is 0 Å². The van der Waals surface area contributed by atoms with E-state index < -0.39 is 9.84 Å². The van der Waals surface area contributed by atoms with Crippen LogP contribution < -0.4 is 10.2 Å². The van der Waals surface area contributed by atoms with Gasteiger partial charge < -0.3 is 10.2 Å². The van der Waals surface area contributed by atoms with Gasteiger partial charge in [0.25, 0.3) is 0 Å². The number of sulfone groups is 1. The van der Waals surface area contributed by atoms with E-state index in [0.717, 1.165) is 24.8 Å². The molecular formula is C19H22N2O3S. The summed E-state index contributed by atoms with van der Waals surface area (Å²) in [6.45, 7) is 2.40. The maximum atomic E-state index is 12.4. The van der Waals surface area contributed by atoms with Gasteiger partial charge in [0.2, 0.25) is 5.91 Å². The van der Waals surface area contributed by atoms with E-state index in [1.807, 2.05) is 12.1 Å². The van der Waals surface area contributed by atoms with Crippen LogP contribution in [0.4, 0.5) is 11.4 Å². The number of hydrogen-bond acceptors (Lipinski definition) is 4. The van der Waals surface area contributed by atoms with Gasteiger partial charge in [-0.05, 0) is 55.7 Å². The van der Waals surface area contributed by atoms with Crippen molar-refractivity contribution >= 4 is 27.1 Å². The first-order chi connectivity index (χ1) is 11.8. The van der Waals surface area contributed by atoms with E-state index >= 15 is 0 Å². The van der Waals surface area contributed by atoms with Crippen LogP contribution in [-0.4, -0.2) is 33.2 Å². The molecular weight excluding hydrogens is 336 g/mol. The fourth-order valence-electron chi connectivity index (χ4n) is 3.14. The topological polar surface area (TPSA) is 66.5 Å². The Morgan fingerprint density at radius 1 is 1.16 bits per heavy atom. The summed E-state index contributed by atoms with van der Waals surface area (Å²) in [7, 11) is -3.23. The smallest absolute Gasteiger partial charge is 0.243 e. The Morgan fingerprint density at radius 3 is 2.52 bits per heavy atom. The minimum absolute atomic E-state index is 0.115. The van der Waals surface area contributed by atoms with Gasteiger partial charge >= 0.3 is 0 Å². The Morgan fingerprint density at radius 2 is 1.84 bits per heavy atom. The number of benzene rings is 2. The summed E-state index contributed by atoms with van der Waals surface area (Å²) < 4.78 is 23.0. The third-order valence-electron chi connectivity index (χ3n) is 4.54. The molecule has 2 aromatic rings. The largest absolute Gasteiger partial charge is 0.359 e. The second-order valence-corrected chi connectivity index (χ2v) is 8.50. The van der Waals surface area contributed by atoms with Crippen LogP contribution in [0.1, 0.15) is 18.9 Å². The molecule has 0 bridgehead atoms. The normalized spacial score (nSPS) is 17.0. The SMILES string of the molecule is C[C@H]1CCc2ccccc2N1CC(=O)Nc1ccc(S(C)(=O)=O)cc1. The number of rotatable bonds is 4. The maximum Gasteiger partial charge on any atom is 0.243 e. The average molecular weight is 358 g/mol. The number of nitrogens with zero attached hydrogens (tertiary/aromatic N) is 1. The zero-order valence-corrected chi connectivity index (χ0v) is 15.2. The van der Waals surface area contributed by atoms with E-state index in [0.29, 0.717) is 11.7 Å². The number of fused-ring (bicyclic) bond motifs is 1. The molecule has 3 rings (SSSR count). The predicted molar refractivity (Wildman–Crippen MR) is 99.8 cm³/mol. The van der Waals surface area contributed by atoms with E-state index in [4.69, 9.17) is 0 Å². The molecule has 0 spiro atoms. The fraction of sp³-hybridized carbons (Fsp3) is 0.316. The summed E-state index contributed by atoms with van der Waals surface area (Å²) in [6.07, 6.45) is 3.21. The number of nitrogens with one attached hydrogen (secondary N) is 1. The molecule has 6 heteroatoms. The van der Waals surface area contributed by atoms with Crippen molar-refractivity contribution < 1.29 is 13.2 Å². The van der Waals surface area contributed by atoms with Crippen molar-refractivity contribution in [3.63, 3.8) is 0 Å². The highest BCUT2D eigenvalue weighted by Crippen LogP contribution is 2.30. The van der Waals surface area contributed by atoms with Crippen molar-refractivity contribution in [1.82, 2.24) is 0 Å². The molecule has 0 aromatic heterocycles. The molecule has 5 nitrogen and oxygen atoms in total. The Labute approximate surface area is 148 Å². The zero-order chi connectivity index (χ0) is 18.0. The molecule has 1 aliphatic rings. The molecule has 1 aliphatic heterocycles. The van der Waals surface area contributed by atoms with Crippen LogP contribution in [-0.2, 0) is 21.1 Å². The molecule has 132 valence electrons. The lowest BCUT2D eigenvalue weighted by molar-refractivity contribution is -0.115. The lowest BCUT2D eigenvalue weighted by Gasteiger charge is -2.36. The minimum Gasteiger partial charge on any atom is -0.359 e. The van der Waals surface area contributed by atoms with Crippen molar-refractivity contribution in [3.05, 3.63) is 54.1 Å². The first kappa shape index (κ1) is 17.5. The summed E-state index contributed by atoms with van der Waals surface area (Å²) in [5.74, 6) is -0.115. The molecule has 0 saturated carbocycles. The second kappa shape index (κ2) is 6.88. The third kappa shape index (κ3) is 4.02. The molecule has 0 unspecified atom stereocenters. The number of anilines is 2. The van der Waals surface area contributed by atoms with E-state index in [9.17, 15) is 13.2 Å². The maximum absolute atomic E-state index is 12.4. The lowest BCUT2D eigenvalue weighted by Crippen LogP contribution is -2.42. The number of hydrogen-bond donors (Lipinski definition) is 1. The number of carbonyl (C=O) groups excluding carboxylic acids is 1. The van der Waals surface area contributed by atoms with Crippen molar-refractivity contribution in [2.45, 2.75) is 30.7 Å². The lowest BCUT2D eigenvalue weighted by atomic mass is 9.96. The van der Waals surface area contributed by atoms with Crippen molar-refractivity contribution in [1.29, 1.82) is 0 Å². The van der Waals surface area contributed by atoms with Crippen LogP contribution in [0.25, 0.3) is 0 Å². The Kier molecular flexibility index (Phi) is 4.81. The first-order valence-electron chi connectivity index (χ1n) is 8.29. The zero-order valence-electron chi connectivity index (χ0n) is 14.4. The Bertz CT molecular complexity index is 876. The monoisotopic (exact) mass is 358 g/mol. The van der Waals surface area contributed by atoms with Gasteiger partial charge in [-0.1, -0.05) is 18.2 Å². The molecule has 25 heavy (non-hydrogen) atoms. The third-order valence-corrected chi connectivity index (χ3v) is 5.67. The molecule has 0 aliphatic carbocycles. The predicted octanol–water partition coefficient (Wildman–Crippen LogP) is 2.87. The minimum atomic E-state index is -3.23. The summed E-state index contributed by atoms with van der Waals surface area (Å²) in [5, 5.41) is 2.84. The Balaban J connectivity index is 1.71. The summed E-state index contributed by atoms with van der Waals surface area (Å²) in [6, 6.07) is 14.7. The molecule has 1 amide bonds. The van der Waals surface area contributed by atoms with Gasteiger partial charge in [0.1, 0.15) is 0 Å². The van der Waals surface area contributed by atoms with E-state index in [1.54, 1.807) is 12.1 Å². The van der Waals surface area contributed by atoms with Crippen LogP contribution in [0.5, 0.6) is 0 Å². The van der Waals surface area contributed by atoms with Crippen molar-refractivity contribution in [3.8, 4) is 0 Å². The summed E-state index contributed by atoms with van der Waals surface area (Å²) in [4.78, 5) is 14.8. The van der Waals surface area contributed by atoms with Gasteiger partial charge in [0, 0.05) is 23.7 Å². The second-order valence-electron chi connectivity index (χ2n) is 6.49. The van der Waals surface area contributed by atoms with Crippen molar-refractivity contribution in [2.75, 3.05) is 23.0 Å². The van der Waals surface area contributed by atoms with Crippen LogP contribution in [0.15, 0.2) is 53.4 Å². The van der Waals surface area contributed by atoms with Crippen molar-refractivity contribution in [2.24, 2.45) is 0 Å². The quantitative estimate of drug-likeness (QED) is 0.913. The first-order valence-corrected chi connectivity index (χ1v) is 10.2. The molecule has 2 aromatic carbocycles. The van der Waals surface area contributed by atoms with E-state index in [-0.39, 0.29) is 17.3 Å². The van der Waals surface area contributed by atoms with E-state index in [1.165, 1.54) is 17.7 Å². The van der Waals surface area contributed by atoms with Gasteiger partial charge in [0.05, 0.1) is 11.4 Å². The van der Waals surface area contributed by atoms with Crippen LogP contribution >= 0.6 is 0 Å². The number of para-hydroxylation sites is 1. The van der Waals surface area contributed by atoms with Gasteiger partial charge in [-0.3, -0.25) is 4.79 Å². The molecule has 1 atom stereocenters. The molecule has 0 radical (unpaired) electrons. The molecule has 0 fully saturated rings. The highest BCUT2D eigenvalue weighted by Gasteiger charge is 2.24. The Hall–Kier alpha value is -2.34. The van der Waals surface area contributed by atoms with Gasteiger partial charge in [-0.2, -0.15) is 0 Å². The van der Waals surface area contributed by atoms with Gasteiger partial charge in [0.15, 0.2) is 9.84 Å². The number of carbonyl (C=O) groups is 1.